The van der Waals surface area contributed by atoms with Crippen LogP contribution in [0.15, 0.2) is 10.9 Å². The second-order valence-electron chi connectivity index (χ2n) is 5.13. The maximum Gasteiger partial charge on any atom is 0.317 e. The van der Waals surface area contributed by atoms with Crippen molar-refractivity contribution in [3.63, 3.8) is 0 Å². The van der Waals surface area contributed by atoms with Gasteiger partial charge >= 0.3 is 5.97 Å². The second kappa shape index (κ2) is 7.24. The van der Waals surface area contributed by atoms with Crippen molar-refractivity contribution in [2.24, 2.45) is 0 Å². The smallest absolute Gasteiger partial charge is 0.317 e. The standard InChI is InChI=1S/C14H22N2O5/c1-4-10(8-17)16-9(2)5-12(18)14(21)11(16)6-15(3)7-13(19)20/h5,10,17,21H,4,6-8H2,1-3H3,(H,19,20). The Morgan fingerprint density at radius 3 is 2.57 bits per heavy atom. The van der Waals surface area contributed by atoms with Crippen LogP contribution in [0.25, 0.3) is 0 Å². The van der Waals surface area contributed by atoms with Crippen molar-refractivity contribution in [1.82, 2.24) is 9.47 Å². The first-order valence-corrected chi connectivity index (χ1v) is 6.76. The van der Waals surface area contributed by atoms with Crippen LogP contribution in [0.3, 0.4) is 0 Å². The normalized spacial score (nSPS) is 12.6. The molecule has 0 radical (unpaired) electrons. The molecule has 0 aliphatic rings. The Balaban J connectivity index is 3.32. The maximum atomic E-state index is 11.8. The summed E-state index contributed by atoms with van der Waals surface area (Å²) in [5.74, 6) is -1.39. The lowest BCUT2D eigenvalue weighted by molar-refractivity contribution is -0.138. The Hall–Kier alpha value is -1.86. The van der Waals surface area contributed by atoms with Gasteiger partial charge in [-0.05, 0) is 20.4 Å². The molecular formula is C14H22N2O5. The number of likely N-dealkylation sites (N-methyl/N-ethyl adjacent to an activating group) is 1. The molecule has 3 N–H and O–H groups in total. The van der Waals surface area contributed by atoms with E-state index in [4.69, 9.17) is 5.11 Å². The summed E-state index contributed by atoms with van der Waals surface area (Å²) in [4.78, 5) is 24.0. The lowest BCUT2D eigenvalue weighted by Gasteiger charge is -2.26. The molecule has 0 saturated carbocycles. The summed E-state index contributed by atoms with van der Waals surface area (Å²) >= 11 is 0. The van der Waals surface area contributed by atoms with Gasteiger partial charge in [-0.15, -0.1) is 0 Å². The minimum absolute atomic E-state index is 0.103. The van der Waals surface area contributed by atoms with E-state index < -0.39 is 17.1 Å². The summed E-state index contributed by atoms with van der Waals surface area (Å²) in [6.45, 7) is 3.37. The third-order valence-electron chi connectivity index (χ3n) is 3.39. The number of aryl methyl sites for hydroxylation is 1. The zero-order valence-electron chi connectivity index (χ0n) is 12.5. The monoisotopic (exact) mass is 298 g/mol. The highest BCUT2D eigenvalue weighted by atomic mass is 16.4. The molecule has 1 rings (SSSR count). The van der Waals surface area contributed by atoms with Crippen LogP contribution in [-0.2, 0) is 11.3 Å². The molecule has 0 spiro atoms. The molecule has 7 heteroatoms. The van der Waals surface area contributed by atoms with E-state index in [1.807, 2.05) is 6.92 Å². The van der Waals surface area contributed by atoms with E-state index in [1.54, 1.807) is 18.5 Å². The van der Waals surface area contributed by atoms with Crippen LogP contribution >= 0.6 is 0 Å². The first kappa shape index (κ1) is 17.2. The number of aromatic hydroxyl groups is 1. The van der Waals surface area contributed by atoms with E-state index in [0.717, 1.165) is 0 Å². The van der Waals surface area contributed by atoms with E-state index in [-0.39, 0.29) is 25.7 Å². The van der Waals surface area contributed by atoms with E-state index in [0.29, 0.717) is 17.8 Å². The van der Waals surface area contributed by atoms with E-state index in [2.05, 4.69) is 0 Å². The third-order valence-corrected chi connectivity index (χ3v) is 3.39. The molecule has 0 aromatic carbocycles. The fourth-order valence-corrected chi connectivity index (χ4v) is 2.39. The molecule has 0 saturated heterocycles. The summed E-state index contributed by atoms with van der Waals surface area (Å²) in [6, 6.07) is 1.04. The molecule has 1 unspecified atom stereocenters. The molecule has 0 aliphatic heterocycles. The molecule has 1 atom stereocenters. The van der Waals surface area contributed by atoms with E-state index in [1.165, 1.54) is 11.0 Å². The van der Waals surface area contributed by atoms with Crippen molar-refractivity contribution >= 4 is 5.97 Å². The molecular weight excluding hydrogens is 276 g/mol. The number of nitrogens with zero attached hydrogens (tertiary/aromatic N) is 2. The van der Waals surface area contributed by atoms with Crippen molar-refractivity contribution in [1.29, 1.82) is 0 Å². The van der Waals surface area contributed by atoms with E-state index >= 15 is 0 Å². The van der Waals surface area contributed by atoms with Crippen LogP contribution in [-0.4, -0.2) is 51.0 Å². The van der Waals surface area contributed by atoms with Gasteiger partial charge in [-0.25, -0.2) is 0 Å². The number of hydrogen-bond donors (Lipinski definition) is 3. The molecule has 7 nitrogen and oxygen atoms in total. The maximum absolute atomic E-state index is 11.8. The topological polar surface area (TPSA) is 103 Å². The SMILES string of the molecule is CCC(CO)n1c(C)cc(=O)c(O)c1CN(C)CC(=O)O. The summed E-state index contributed by atoms with van der Waals surface area (Å²) in [5.41, 5.74) is 0.442. The quantitative estimate of drug-likeness (QED) is 0.670. The minimum atomic E-state index is -0.993. The molecule has 21 heavy (non-hydrogen) atoms. The van der Waals surface area contributed by atoms with Crippen LogP contribution < -0.4 is 5.43 Å². The van der Waals surface area contributed by atoms with Crippen molar-refractivity contribution in [2.45, 2.75) is 32.9 Å². The third kappa shape index (κ3) is 4.05. The number of pyridine rings is 1. The second-order valence-corrected chi connectivity index (χ2v) is 5.13. The number of aliphatic hydroxyl groups excluding tert-OH is 1. The molecule has 1 heterocycles. The van der Waals surface area contributed by atoms with Gasteiger partial charge in [-0.3, -0.25) is 14.5 Å². The highest BCUT2D eigenvalue weighted by molar-refractivity contribution is 5.69. The average molecular weight is 298 g/mol. The molecule has 1 aromatic rings. The fraction of sp³-hybridized carbons (Fsp3) is 0.571. The minimum Gasteiger partial charge on any atom is -0.503 e. The van der Waals surface area contributed by atoms with Gasteiger partial charge in [0.15, 0.2) is 5.75 Å². The van der Waals surface area contributed by atoms with Crippen molar-refractivity contribution in [3.8, 4) is 5.75 Å². The average Bonchev–Trinajstić information content (AvgIpc) is 2.39. The van der Waals surface area contributed by atoms with Gasteiger partial charge in [0.05, 0.1) is 24.9 Å². The number of aliphatic hydroxyl groups is 1. The van der Waals surface area contributed by atoms with Gasteiger partial charge in [-0.2, -0.15) is 0 Å². The van der Waals surface area contributed by atoms with Crippen LogP contribution in [0.5, 0.6) is 5.75 Å². The molecule has 0 aliphatic carbocycles. The number of aliphatic carboxylic acids is 1. The number of aromatic nitrogens is 1. The van der Waals surface area contributed by atoms with Gasteiger partial charge in [0.2, 0.25) is 5.43 Å². The van der Waals surface area contributed by atoms with Crippen LogP contribution in [0.2, 0.25) is 0 Å². The first-order valence-electron chi connectivity index (χ1n) is 6.76. The highest BCUT2D eigenvalue weighted by Crippen LogP contribution is 2.22. The predicted octanol–water partition coefficient (Wildman–Crippen LogP) is 0.322. The Bertz CT molecular complexity index is 563. The number of hydrogen-bond acceptors (Lipinski definition) is 5. The Kier molecular flexibility index (Phi) is 5.92. The van der Waals surface area contributed by atoms with Gasteiger partial charge < -0.3 is 19.9 Å². The van der Waals surface area contributed by atoms with Gasteiger partial charge in [0.25, 0.3) is 0 Å². The van der Waals surface area contributed by atoms with Crippen molar-refractivity contribution in [2.75, 3.05) is 20.2 Å². The lowest BCUT2D eigenvalue weighted by Crippen LogP contribution is -2.30. The number of carboxylic acid groups (broad SMARTS) is 1. The van der Waals surface area contributed by atoms with Crippen LogP contribution in [0.1, 0.15) is 30.8 Å². The predicted molar refractivity (Wildman–Crippen MR) is 77.5 cm³/mol. The fourth-order valence-electron chi connectivity index (χ4n) is 2.39. The molecule has 118 valence electrons. The van der Waals surface area contributed by atoms with Crippen molar-refractivity contribution in [3.05, 3.63) is 27.7 Å². The largest absolute Gasteiger partial charge is 0.503 e. The summed E-state index contributed by atoms with van der Waals surface area (Å²) in [7, 11) is 1.59. The van der Waals surface area contributed by atoms with Crippen LogP contribution in [0.4, 0.5) is 0 Å². The number of carbonyl (C=O) groups is 1. The van der Waals surface area contributed by atoms with E-state index in [9.17, 15) is 19.8 Å². The highest BCUT2D eigenvalue weighted by Gasteiger charge is 2.20. The Morgan fingerprint density at radius 2 is 2.10 bits per heavy atom. The summed E-state index contributed by atoms with van der Waals surface area (Å²) in [5, 5.41) is 28.3. The molecule has 0 fully saturated rings. The number of rotatable bonds is 7. The van der Waals surface area contributed by atoms with Crippen molar-refractivity contribution < 1.29 is 20.1 Å². The van der Waals surface area contributed by atoms with Gasteiger partial charge in [0.1, 0.15) is 0 Å². The van der Waals surface area contributed by atoms with Crippen LogP contribution in [0, 0.1) is 6.92 Å². The van der Waals surface area contributed by atoms with Gasteiger partial charge in [-0.1, -0.05) is 6.92 Å². The van der Waals surface area contributed by atoms with Gasteiger partial charge in [0, 0.05) is 18.3 Å². The number of carboxylic acids is 1. The summed E-state index contributed by atoms with van der Waals surface area (Å²) in [6.07, 6.45) is 0.620. The lowest BCUT2D eigenvalue weighted by atomic mass is 10.1. The molecule has 0 amide bonds. The molecule has 0 bridgehead atoms. The Morgan fingerprint density at radius 1 is 1.48 bits per heavy atom. The Labute approximate surface area is 123 Å². The summed E-state index contributed by atoms with van der Waals surface area (Å²) < 4.78 is 1.70. The first-order chi connectivity index (χ1) is 9.81. The molecule has 1 aromatic heterocycles. The zero-order chi connectivity index (χ0) is 16.2. The zero-order valence-corrected chi connectivity index (χ0v) is 12.5.